The highest BCUT2D eigenvalue weighted by Crippen LogP contribution is 2.39. The summed E-state index contributed by atoms with van der Waals surface area (Å²) in [5, 5.41) is 0. The van der Waals surface area contributed by atoms with Gasteiger partial charge in [0.25, 0.3) is 0 Å². The minimum atomic E-state index is -3.09. The fourth-order valence-electron chi connectivity index (χ4n) is 2.85. The van der Waals surface area contributed by atoms with E-state index in [1.165, 1.54) is 0 Å². The predicted octanol–water partition coefficient (Wildman–Crippen LogP) is 5.23. The molecule has 0 amide bonds. The summed E-state index contributed by atoms with van der Waals surface area (Å²) in [5.41, 5.74) is 0. The molecule has 3 nitrogen and oxygen atoms in total. The molecule has 0 radical (unpaired) electrons. The van der Waals surface area contributed by atoms with E-state index in [-0.39, 0.29) is 18.1 Å². The Bertz CT molecular complexity index is 339. The van der Waals surface area contributed by atoms with Crippen LogP contribution < -0.4 is 0 Å². The highest BCUT2D eigenvalue weighted by atomic mass is 28.5. The van der Waals surface area contributed by atoms with E-state index in [1.54, 1.807) is 19.6 Å². The summed E-state index contributed by atoms with van der Waals surface area (Å²) in [6, 6.07) is -0.0340. The first kappa shape index (κ1) is 22.2. The van der Waals surface area contributed by atoms with E-state index in [0.29, 0.717) is 0 Å². The van der Waals surface area contributed by atoms with Crippen LogP contribution >= 0.6 is 0 Å². The van der Waals surface area contributed by atoms with Gasteiger partial charge >= 0.3 is 25.7 Å². The normalized spacial score (nSPS) is 34.5. The molecule has 0 saturated carbocycles. The largest absolute Gasteiger partial charge is 0.416 e. The molecule has 1 saturated heterocycles. The molecular formula is C12H24F6O3Si3. The molecule has 0 bridgehead atoms. The van der Waals surface area contributed by atoms with E-state index in [0.717, 1.165) is 0 Å². The first-order chi connectivity index (χ1) is 10.9. The zero-order chi connectivity index (χ0) is 18.6. The van der Waals surface area contributed by atoms with E-state index in [9.17, 15) is 26.3 Å². The molecule has 0 N–H and O–H groups in total. The summed E-state index contributed by atoms with van der Waals surface area (Å²) in [6.07, 6.45) is -8.89. The van der Waals surface area contributed by atoms with Crippen LogP contribution in [0.5, 0.6) is 0 Å². The third kappa shape index (κ3) is 7.56. The number of halogens is 6. The molecule has 12 heteroatoms. The first-order valence-corrected chi connectivity index (χ1v) is 15.4. The van der Waals surface area contributed by atoms with Gasteiger partial charge in [0.2, 0.25) is 19.3 Å². The smallest absolute Gasteiger partial charge is 0.317 e. The van der Waals surface area contributed by atoms with Crippen LogP contribution in [-0.4, -0.2) is 45.0 Å². The quantitative estimate of drug-likeness (QED) is 0.382. The zero-order valence-electron chi connectivity index (χ0n) is 14.0. The Morgan fingerprint density at radius 1 is 0.542 bits per heavy atom. The lowest BCUT2D eigenvalue weighted by atomic mass is 10.5. The van der Waals surface area contributed by atoms with Gasteiger partial charge in [0, 0.05) is 19.3 Å². The maximum atomic E-state index is 12.6. The fraction of sp³-hybridized carbons (Fsp3) is 1.00. The van der Waals surface area contributed by atoms with E-state index < -0.39 is 64.2 Å². The monoisotopic (exact) mass is 414 g/mol. The molecule has 0 spiro atoms. The summed E-state index contributed by atoms with van der Waals surface area (Å²) in [4.78, 5) is 0. The van der Waals surface area contributed by atoms with E-state index in [1.807, 2.05) is 0 Å². The molecule has 0 aromatic carbocycles. The highest BCUT2D eigenvalue weighted by molar-refractivity contribution is 6.93. The average Bonchev–Trinajstić information content (AvgIpc) is 2.40. The predicted molar refractivity (Wildman–Crippen MR) is 84.4 cm³/mol. The Balaban J connectivity index is 2.92. The Kier molecular flexibility index (Phi) is 8.00. The third-order valence-corrected chi connectivity index (χ3v) is 17.7. The summed E-state index contributed by atoms with van der Waals surface area (Å²) >= 11 is 0. The lowest BCUT2D eigenvalue weighted by molar-refractivity contribution is 0.127. The minimum Gasteiger partial charge on any atom is -0.416 e. The third-order valence-electron chi connectivity index (χ3n) is 3.75. The van der Waals surface area contributed by atoms with Crippen LogP contribution in [-0.2, 0) is 12.3 Å². The van der Waals surface area contributed by atoms with Crippen molar-refractivity contribution in [2.45, 2.75) is 76.3 Å². The summed E-state index contributed by atoms with van der Waals surface area (Å²) in [5.74, 6) is 0. The van der Waals surface area contributed by atoms with Gasteiger partial charge in [0.1, 0.15) is 0 Å². The maximum absolute atomic E-state index is 12.6. The average molecular weight is 415 g/mol. The van der Waals surface area contributed by atoms with Gasteiger partial charge in [0.05, 0.1) is 0 Å². The molecule has 1 aliphatic heterocycles. The standard InChI is InChI=1S/C12H24F6O3Si3/c1-22(7-4-10(13)14)19-23(2,8-5-11(15)16)21-24(3,20-22)9-6-12(17)18/h10-12H,4-9H2,1-3H3. The second kappa shape index (κ2) is 8.66. The molecule has 1 rings (SSSR count). The van der Waals surface area contributed by atoms with E-state index in [2.05, 4.69) is 0 Å². The number of rotatable bonds is 9. The van der Waals surface area contributed by atoms with Crippen molar-refractivity contribution < 1.29 is 38.7 Å². The second-order valence-electron chi connectivity index (χ2n) is 6.50. The summed E-state index contributed by atoms with van der Waals surface area (Å²) in [6.45, 7) is 4.79. The van der Waals surface area contributed by atoms with Gasteiger partial charge in [-0.3, -0.25) is 0 Å². The molecule has 1 heterocycles. The molecule has 1 fully saturated rings. The van der Waals surface area contributed by atoms with Gasteiger partial charge in [-0.05, 0) is 37.8 Å². The molecule has 144 valence electrons. The van der Waals surface area contributed by atoms with Crippen molar-refractivity contribution in [2.24, 2.45) is 0 Å². The molecule has 1 aliphatic rings. The van der Waals surface area contributed by atoms with Crippen molar-refractivity contribution in [1.29, 1.82) is 0 Å². The molecule has 0 aromatic heterocycles. The van der Waals surface area contributed by atoms with Crippen molar-refractivity contribution in [3.05, 3.63) is 0 Å². The Morgan fingerprint density at radius 3 is 0.917 bits per heavy atom. The molecule has 0 aromatic rings. The van der Waals surface area contributed by atoms with Crippen LogP contribution in [0.15, 0.2) is 0 Å². The Hall–Kier alpha value is 0.111. The van der Waals surface area contributed by atoms with Crippen LogP contribution in [0.1, 0.15) is 19.3 Å². The van der Waals surface area contributed by atoms with Crippen LogP contribution in [0.2, 0.25) is 37.8 Å². The summed E-state index contributed by atoms with van der Waals surface area (Å²) < 4.78 is 93.0. The lowest BCUT2D eigenvalue weighted by Gasteiger charge is -2.50. The van der Waals surface area contributed by atoms with Crippen LogP contribution in [0.4, 0.5) is 26.3 Å². The second-order valence-corrected chi connectivity index (χ2v) is 17.2. The number of alkyl halides is 6. The maximum Gasteiger partial charge on any atom is 0.317 e. The van der Waals surface area contributed by atoms with Crippen LogP contribution in [0.25, 0.3) is 0 Å². The topological polar surface area (TPSA) is 27.7 Å². The van der Waals surface area contributed by atoms with Crippen LogP contribution in [0, 0.1) is 0 Å². The highest BCUT2D eigenvalue weighted by Gasteiger charge is 2.56. The zero-order valence-corrected chi connectivity index (χ0v) is 17.0. The Morgan fingerprint density at radius 2 is 0.750 bits per heavy atom. The van der Waals surface area contributed by atoms with Crippen LogP contribution in [0.3, 0.4) is 0 Å². The molecule has 0 atom stereocenters. The van der Waals surface area contributed by atoms with Gasteiger partial charge in [-0.25, -0.2) is 26.3 Å². The Labute approximate surface area is 141 Å². The minimum absolute atomic E-state index is 0.0113. The van der Waals surface area contributed by atoms with Gasteiger partial charge in [-0.2, -0.15) is 0 Å². The molecule has 0 unspecified atom stereocenters. The van der Waals surface area contributed by atoms with E-state index in [4.69, 9.17) is 12.3 Å². The molecule has 24 heavy (non-hydrogen) atoms. The first-order valence-electron chi connectivity index (χ1n) is 7.82. The van der Waals surface area contributed by atoms with Crippen molar-refractivity contribution in [2.75, 3.05) is 0 Å². The van der Waals surface area contributed by atoms with Crippen molar-refractivity contribution in [1.82, 2.24) is 0 Å². The van der Waals surface area contributed by atoms with Gasteiger partial charge in [-0.15, -0.1) is 0 Å². The van der Waals surface area contributed by atoms with Crippen molar-refractivity contribution in [3.63, 3.8) is 0 Å². The number of hydrogen-bond acceptors (Lipinski definition) is 3. The lowest BCUT2D eigenvalue weighted by Crippen LogP contribution is -2.67. The fourth-order valence-corrected chi connectivity index (χ4v) is 20.1. The van der Waals surface area contributed by atoms with Gasteiger partial charge in [-0.1, -0.05) is 0 Å². The SMILES string of the molecule is C[Si]1(CCC(F)F)O[Si](C)(CCC(F)F)O[Si](C)(CCC(F)F)O1. The van der Waals surface area contributed by atoms with Crippen molar-refractivity contribution in [3.8, 4) is 0 Å². The van der Waals surface area contributed by atoms with E-state index >= 15 is 0 Å². The van der Waals surface area contributed by atoms with Gasteiger partial charge in [0.15, 0.2) is 0 Å². The van der Waals surface area contributed by atoms with Gasteiger partial charge < -0.3 is 12.3 Å². The molecular weight excluding hydrogens is 390 g/mol. The summed E-state index contributed by atoms with van der Waals surface area (Å²) in [7, 11) is -9.26. The van der Waals surface area contributed by atoms with Crippen molar-refractivity contribution >= 4 is 25.7 Å². The molecule has 0 aliphatic carbocycles. The number of hydrogen-bond donors (Lipinski definition) is 0.